The zero-order valence-electron chi connectivity index (χ0n) is 13.2. The first-order valence-electron chi connectivity index (χ1n) is 8.24. The molecular weight excluding hydrogens is 326 g/mol. The number of fused-ring (bicyclic) bond motifs is 5. The van der Waals surface area contributed by atoms with Crippen LogP contribution in [0.5, 0.6) is 0 Å². The molecule has 2 aromatic heterocycles. The standard InChI is InChI=1S/C18H14F2N4O/c19-12-2-1-3-13(20)16(12)14-6-11-10-4-5-18(7-10,17(11)23-22-14)8-15-21-9-25-24-15/h1-3,6,9-10H,4-5,7-8H2/t10-,18+/m1/s1. The second-order valence-corrected chi connectivity index (χ2v) is 6.87. The minimum atomic E-state index is -0.626. The van der Waals surface area contributed by atoms with Crippen LogP contribution < -0.4 is 0 Å². The van der Waals surface area contributed by atoms with Crippen molar-refractivity contribution in [1.29, 1.82) is 0 Å². The lowest BCUT2D eigenvalue weighted by Gasteiger charge is -2.26. The lowest BCUT2D eigenvalue weighted by molar-refractivity contribution is 0.383. The Balaban J connectivity index is 1.59. The predicted octanol–water partition coefficient (Wildman–Crippen LogP) is 3.57. The first-order valence-corrected chi connectivity index (χ1v) is 8.24. The van der Waals surface area contributed by atoms with Crippen LogP contribution in [-0.2, 0) is 11.8 Å². The highest BCUT2D eigenvalue weighted by Gasteiger charge is 2.51. The van der Waals surface area contributed by atoms with Crippen molar-refractivity contribution in [3.63, 3.8) is 0 Å². The topological polar surface area (TPSA) is 64.7 Å². The molecule has 0 unspecified atom stereocenters. The number of halogens is 2. The third kappa shape index (κ3) is 2.11. The smallest absolute Gasteiger partial charge is 0.213 e. The van der Waals surface area contributed by atoms with Crippen molar-refractivity contribution < 1.29 is 13.3 Å². The fraction of sp³-hybridized carbons (Fsp3) is 0.333. The summed E-state index contributed by atoms with van der Waals surface area (Å²) in [5.41, 5.74) is 1.93. The van der Waals surface area contributed by atoms with E-state index in [0.717, 1.165) is 30.5 Å². The van der Waals surface area contributed by atoms with Gasteiger partial charge in [0.15, 0.2) is 5.82 Å². The first-order chi connectivity index (χ1) is 12.2. The monoisotopic (exact) mass is 340 g/mol. The van der Waals surface area contributed by atoms with Crippen molar-refractivity contribution in [3.8, 4) is 11.3 Å². The van der Waals surface area contributed by atoms with E-state index in [2.05, 4.69) is 20.3 Å². The van der Waals surface area contributed by atoms with Crippen molar-refractivity contribution >= 4 is 0 Å². The summed E-state index contributed by atoms with van der Waals surface area (Å²) < 4.78 is 33.0. The van der Waals surface area contributed by atoms with Crippen LogP contribution in [0.25, 0.3) is 11.3 Å². The van der Waals surface area contributed by atoms with Crippen molar-refractivity contribution in [1.82, 2.24) is 20.3 Å². The van der Waals surface area contributed by atoms with E-state index in [1.165, 1.54) is 24.6 Å². The summed E-state index contributed by atoms with van der Waals surface area (Å²) in [4.78, 5) is 4.13. The average molecular weight is 340 g/mol. The number of hydrogen-bond acceptors (Lipinski definition) is 5. The highest BCUT2D eigenvalue weighted by molar-refractivity contribution is 5.62. The Bertz CT molecular complexity index is 939. The van der Waals surface area contributed by atoms with Gasteiger partial charge in [0.25, 0.3) is 0 Å². The first kappa shape index (κ1) is 14.6. The Hall–Kier alpha value is -2.70. The summed E-state index contributed by atoms with van der Waals surface area (Å²) in [6.07, 6.45) is 4.92. The molecule has 2 bridgehead atoms. The zero-order chi connectivity index (χ0) is 17.0. The molecule has 1 saturated carbocycles. The van der Waals surface area contributed by atoms with Crippen LogP contribution in [-0.4, -0.2) is 20.3 Å². The predicted molar refractivity (Wildman–Crippen MR) is 83.7 cm³/mol. The van der Waals surface area contributed by atoms with E-state index >= 15 is 0 Å². The van der Waals surface area contributed by atoms with Gasteiger partial charge < -0.3 is 4.52 Å². The van der Waals surface area contributed by atoms with Crippen molar-refractivity contribution in [3.05, 3.63) is 59.4 Å². The third-order valence-electron chi connectivity index (χ3n) is 5.50. The maximum Gasteiger partial charge on any atom is 0.213 e. The molecule has 0 aliphatic heterocycles. The normalized spacial score (nSPS) is 23.8. The fourth-order valence-electron chi connectivity index (χ4n) is 4.42. The summed E-state index contributed by atoms with van der Waals surface area (Å²) in [6, 6.07) is 5.61. The molecule has 2 aliphatic rings. The molecule has 2 atom stereocenters. The van der Waals surface area contributed by atoms with Gasteiger partial charge in [-0.25, -0.2) is 8.78 Å². The van der Waals surface area contributed by atoms with Gasteiger partial charge in [-0.2, -0.15) is 15.2 Å². The van der Waals surface area contributed by atoms with Crippen molar-refractivity contribution in [2.24, 2.45) is 0 Å². The lowest BCUT2D eigenvalue weighted by Crippen LogP contribution is -2.26. The summed E-state index contributed by atoms with van der Waals surface area (Å²) in [6.45, 7) is 0. The second-order valence-electron chi connectivity index (χ2n) is 6.87. The molecule has 2 aliphatic carbocycles. The molecule has 0 spiro atoms. The lowest BCUT2D eigenvalue weighted by atomic mass is 9.80. The third-order valence-corrected chi connectivity index (χ3v) is 5.50. The number of hydrogen-bond donors (Lipinski definition) is 0. The molecule has 0 radical (unpaired) electrons. The van der Waals surface area contributed by atoms with Gasteiger partial charge in [0, 0.05) is 11.8 Å². The zero-order valence-corrected chi connectivity index (χ0v) is 13.2. The van der Waals surface area contributed by atoms with Crippen LogP contribution in [0.15, 0.2) is 35.2 Å². The molecule has 2 heterocycles. The van der Waals surface area contributed by atoms with Gasteiger partial charge in [-0.1, -0.05) is 11.2 Å². The van der Waals surface area contributed by atoms with E-state index in [-0.39, 0.29) is 16.7 Å². The van der Waals surface area contributed by atoms with Gasteiger partial charge in [0.2, 0.25) is 6.39 Å². The fourth-order valence-corrected chi connectivity index (χ4v) is 4.42. The molecule has 1 fully saturated rings. The molecule has 25 heavy (non-hydrogen) atoms. The minimum absolute atomic E-state index is 0.118. The number of benzene rings is 1. The number of rotatable bonds is 3. The number of nitrogens with zero attached hydrogens (tertiary/aromatic N) is 4. The highest BCUT2D eigenvalue weighted by atomic mass is 19.1. The van der Waals surface area contributed by atoms with Crippen LogP contribution >= 0.6 is 0 Å². The Morgan fingerprint density at radius 1 is 1.20 bits per heavy atom. The van der Waals surface area contributed by atoms with E-state index < -0.39 is 11.6 Å². The average Bonchev–Trinajstić information content (AvgIpc) is 3.31. The highest BCUT2D eigenvalue weighted by Crippen LogP contribution is 2.57. The summed E-state index contributed by atoms with van der Waals surface area (Å²) in [5.74, 6) is -0.261. The van der Waals surface area contributed by atoms with Gasteiger partial charge in [-0.15, -0.1) is 0 Å². The van der Waals surface area contributed by atoms with Crippen LogP contribution in [0.1, 0.15) is 42.3 Å². The van der Waals surface area contributed by atoms with E-state index in [9.17, 15) is 8.78 Å². The largest absolute Gasteiger partial charge is 0.343 e. The summed E-state index contributed by atoms with van der Waals surface area (Å²) in [7, 11) is 0. The molecule has 3 aromatic rings. The van der Waals surface area contributed by atoms with E-state index in [4.69, 9.17) is 4.52 Å². The molecule has 1 aromatic carbocycles. The van der Waals surface area contributed by atoms with Gasteiger partial charge in [0.05, 0.1) is 17.0 Å². The molecule has 5 nitrogen and oxygen atoms in total. The Morgan fingerprint density at radius 3 is 2.80 bits per heavy atom. The minimum Gasteiger partial charge on any atom is -0.343 e. The Labute approximate surface area is 142 Å². The van der Waals surface area contributed by atoms with E-state index in [1.54, 1.807) is 6.07 Å². The maximum absolute atomic E-state index is 14.1. The second kappa shape index (κ2) is 5.15. The van der Waals surface area contributed by atoms with E-state index in [1.807, 2.05) is 0 Å². The van der Waals surface area contributed by atoms with Crippen LogP contribution in [0.2, 0.25) is 0 Å². The van der Waals surface area contributed by atoms with Gasteiger partial charge >= 0.3 is 0 Å². The van der Waals surface area contributed by atoms with Crippen LogP contribution in [0, 0.1) is 11.6 Å². The summed E-state index contributed by atoms with van der Waals surface area (Å²) in [5, 5.41) is 12.4. The number of aromatic nitrogens is 4. The molecule has 126 valence electrons. The maximum atomic E-state index is 14.1. The van der Waals surface area contributed by atoms with Gasteiger partial charge in [0.1, 0.15) is 11.6 Å². The molecule has 5 rings (SSSR count). The van der Waals surface area contributed by atoms with Crippen molar-refractivity contribution in [2.75, 3.05) is 0 Å². The Kier molecular flexibility index (Phi) is 3.01. The van der Waals surface area contributed by atoms with E-state index in [0.29, 0.717) is 18.2 Å². The van der Waals surface area contributed by atoms with Gasteiger partial charge in [-0.05, 0) is 48.9 Å². The van der Waals surface area contributed by atoms with Crippen LogP contribution in [0.3, 0.4) is 0 Å². The molecule has 0 N–H and O–H groups in total. The SMILES string of the molecule is Fc1cccc(F)c1-c1cc2c(nn1)[C@@]1(Cc3ncon3)CC[C@@H]2C1. The van der Waals surface area contributed by atoms with Gasteiger partial charge in [-0.3, -0.25) is 0 Å². The quantitative estimate of drug-likeness (QED) is 0.729. The molecule has 7 heteroatoms. The molecule has 0 amide bonds. The molecular formula is C18H14F2N4O. The Morgan fingerprint density at radius 2 is 2.04 bits per heavy atom. The van der Waals surface area contributed by atoms with Crippen LogP contribution in [0.4, 0.5) is 8.78 Å². The summed E-state index contributed by atoms with van der Waals surface area (Å²) >= 11 is 0. The van der Waals surface area contributed by atoms with Crippen molar-refractivity contribution in [2.45, 2.75) is 37.0 Å². The molecule has 0 saturated heterocycles.